The zero-order chi connectivity index (χ0) is 22.4. The van der Waals surface area contributed by atoms with E-state index in [9.17, 15) is 18.3 Å². The topological polar surface area (TPSA) is 105 Å². The molecule has 164 valence electrons. The maximum absolute atomic E-state index is 12.9. The van der Waals surface area contributed by atoms with E-state index in [1.165, 1.54) is 19.2 Å². The number of hydrogen-bond acceptors (Lipinski definition) is 6. The summed E-state index contributed by atoms with van der Waals surface area (Å²) >= 11 is 1.58. The molecule has 9 heteroatoms. The van der Waals surface area contributed by atoms with Crippen molar-refractivity contribution >= 4 is 49.9 Å². The minimum Gasteiger partial charge on any atom is -0.497 e. The number of carbonyl (C=O) groups is 1. The van der Waals surface area contributed by atoms with Gasteiger partial charge in [-0.3, -0.25) is 4.72 Å². The lowest BCUT2D eigenvalue weighted by Crippen LogP contribution is -2.30. The van der Waals surface area contributed by atoms with E-state index in [1.807, 2.05) is 18.4 Å². The summed E-state index contributed by atoms with van der Waals surface area (Å²) < 4.78 is 33.5. The van der Waals surface area contributed by atoms with Crippen LogP contribution in [0.15, 0.2) is 65.6 Å². The molecule has 0 saturated carbocycles. The molecule has 3 rings (SSSR count). The summed E-state index contributed by atoms with van der Waals surface area (Å²) in [5, 5.41) is 14.0. The summed E-state index contributed by atoms with van der Waals surface area (Å²) in [6.07, 6.45) is 2.40. The summed E-state index contributed by atoms with van der Waals surface area (Å²) in [7, 11) is -2.30. The van der Waals surface area contributed by atoms with E-state index in [4.69, 9.17) is 4.74 Å². The molecule has 0 amide bonds. The number of sulfonamides is 1. The molecule has 0 fully saturated rings. The Hall–Kier alpha value is -2.91. The number of hydrogen-bond donors (Lipinski definition) is 3. The molecule has 0 aliphatic carbocycles. The van der Waals surface area contributed by atoms with Crippen molar-refractivity contribution in [3.05, 3.63) is 60.7 Å². The van der Waals surface area contributed by atoms with Crippen molar-refractivity contribution < 1.29 is 23.1 Å². The van der Waals surface area contributed by atoms with Gasteiger partial charge in [-0.1, -0.05) is 24.3 Å². The lowest BCUT2D eigenvalue weighted by molar-refractivity contribution is -0.137. The number of ether oxygens (including phenoxy) is 1. The van der Waals surface area contributed by atoms with Gasteiger partial charge < -0.3 is 15.2 Å². The van der Waals surface area contributed by atoms with Crippen LogP contribution >= 0.6 is 11.8 Å². The molecule has 0 heterocycles. The first-order valence-corrected chi connectivity index (χ1v) is 12.4. The second-order valence-electron chi connectivity index (χ2n) is 6.80. The van der Waals surface area contributed by atoms with Crippen molar-refractivity contribution in [1.82, 2.24) is 0 Å². The first-order chi connectivity index (χ1) is 14.9. The summed E-state index contributed by atoms with van der Waals surface area (Å²) in [6.45, 7) is 0. The van der Waals surface area contributed by atoms with Gasteiger partial charge in [-0.2, -0.15) is 11.8 Å². The lowest BCUT2D eigenvalue weighted by Gasteiger charge is -2.19. The zero-order valence-electron chi connectivity index (χ0n) is 17.2. The molecule has 0 bridgehead atoms. The van der Waals surface area contributed by atoms with Crippen molar-refractivity contribution in [3.63, 3.8) is 0 Å². The van der Waals surface area contributed by atoms with Crippen molar-refractivity contribution in [3.8, 4) is 5.75 Å². The van der Waals surface area contributed by atoms with Gasteiger partial charge in [0.15, 0.2) is 0 Å². The van der Waals surface area contributed by atoms with E-state index in [0.29, 0.717) is 34.7 Å². The number of nitrogens with one attached hydrogen (secondary N) is 2. The predicted molar refractivity (Wildman–Crippen MR) is 126 cm³/mol. The number of carboxylic acids is 1. The molecular weight excluding hydrogens is 436 g/mol. The maximum Gasteiger partial charge on any atom is 0.326 e. The van der Waals surface area contributed by atoms with Gasteiger partial charge in [0.2, 0.25) is 0 Å². The highest BCUT2D eigenvalue weighted by molar-refractivity contribution is 7.98. The molecule has 3 N–H and O–H groups in total. The van der Waals surface area contributed by atoms with E-state index in [0.717, 1.165) is 5.39 Å². The van der Waals surface area contributed by atoms with Crippen LogP contribution in [-0.2, 0) is 14.8 Å². The maximum atomic E-state index is 12.9. The Morgan fingerprint density at radius 1 is 1.03 bits per heavy atom. The number of anilines is 2. The van der Waals surface area contributed by atoms with E-state index in [2.05, 4.69) is 10.0 Å². The van der Waals surface area contributed by atoms with E-state index in [-0.39, 0.29) is 4.90 Å². The van der Waals surface area contributed by atoms with Gasteiger partial charge in [-0.15, -0.1) is 0 Å². The summed E-state index contributed by atoms with van der Waals surface area (Å²) in [4.78, 5) is 11.7. The molecular formula is C22H24N2O5S2. The fraction of sp³-hybridized carbons (Fsp3) is 0.227. The molecule has 3 aromatic rings. The van der Waals surface area contributed by atoms with Crippen LogP contribution in [0.1, 0.15) is 6.42 Å². The van der Waals surface area contributed by atoms with Crippen LogP contribution < -0.4 is 14.8 Å². The first-order valence-electron chi connectivity index (χ1n) is 9.52. The predicted octanol–water partition coefficient (Wildman–Crippen LogP) is 4.27. The molecule has 1 unspecified atom stereocenters. The number of carboxylic acid groups (broad SMARTS) is 1. The molecule has 7 nitrogen and oxygen atoms in total. The summed E-state index contributed by atoms with van der Waals surface area (Å²) in [5.74, 6) is 0.346. The van der Waals surface area contributed by atoms with Crippen LogP contribution in [0.2, 0.25) is 0 Å². The van der Waals surface area contributed by atoms with Gasteiger partial charge in [0.05, 0.1) is 17.7 Å². The quantitative estimate of drug-likeness (QED) is 0.415. The fourth-order valence-electron chi connectivity index (χ4n) is 3.15. The Kier molecular flexibility index (Phi) is 7.29. The Bertz CT molecular complexity index is 1160. The number of aliphatic carboxylic acids is 1. The highest BCUT2D eigenvalue weighted by Gasteiger charge is 2.20. The van der Waals surface area contributed by atoms with Gasteiger partial charge in [-0.05, 0) is 54.8 Å². The van der Waals surface area contributed by atoms with Gasteiger partial charge in [0.1, 0.15) is 11.8 Å². The number of fused-ring (bicyclic) bond motifs is 1. The lowest BCUT2D eigenvalue weighted by atomic mass is 10.1. The van der Waals surface area contributed by atoms with Gasteiger partial charge in [0, 0.05) is 16.5 Å². The Morgan fingerprint density at radius 3 is 2.23 bits per heavy atom. The number of methoxy groups -OCH3 is 1. The molecule has 0 aromatic heterocycles. The Labute approximate surface area is 185 Å². The normalized spacial score (nSPS) is 12.3. The largest absolute Gasteiger partial charge is 0.497 e. The first kappa shape index (κ1) is 22.8. The molecule has 0 aliphatic heterocycles. The molecule has 0 radical (unpaired) electrons. The van der Waals surface area contributed by atoms with E-state index >= 15 is 0 Å². The molecule has 3 aromatic carbocycles. The van der Waals surface area contributed by atoms with E-state index in [1.54, 1.807) is 48.2 Å². The average molecular weight is 461 g/mol. The van der Waals surface area contributed by atoms with Crippen molar-refractivity contribution in [2.75, 3.05) is 29.2 Å². The highest BCUT2D eigenvalue weighted by atomic mass is 32.2. The van der Waals surface area contributed by atoms with Crippen LogP contribution in [0.5, 0.6) is 5.75 Å². The van der Waals surface area contributed by atoms with Crippen LogP contribution in [0.25, 0.3) is 10.8 Å². The Morgan fingerprint density at radius 2 is 1.65 bits per heavy atom. The Balaban J connectivity index is 1.94. The smallest absolute Gasteiger partial charge is 0.326 e. The summed E-state index contributed by atoms with van der Waals surface area (Å²) in [5.41, 5.74) is 1.05. The van der Waals surface area contributed by atoms with Crippen LogP contribution in [0.3, 0.4) is 0 Å². The average Bonchev–Trinajstić information content (AvgIpc) is 2.77. The second kappa shape index (κ2) is 9.93. The molecule has 0 spiro atoms. The zero-order valence-corrected chi connectivity index (χ0v) is 18.8. The number of thioether (sulfide) groups is 1. The van der Waals surface area contributed by atoms with Crippen molar-refractivity contribution in [2.45, 2.75) is 17.4 Å². The third-order valence-electron chi connectivity index (χ3n) is 4.78. The van der Waals surface area contributed by atoms with Gasteiger partial charge >= 0.3 is 5.97 Å². The van der Waals surface area contributed by atoms with Crippen LogP contribution in [0.4, 0.5) is 11.4 Å². The van der Waals surface area contributed by atoms with Gasteiger partial charge in [-0.25, -0.2) is 13.2 Å². The van der Waals surface area contributed by atoms with Crippen LogP contribution in [-0.4, -0.2) is 44.7 Å². The third kappa shape index (κ3) is 5.42. The monoisotopic (exact) mass is 460 g/mol. The van der Waals surface area contributed by atoms with Crippen molar-refractivity contribution in [2.24, 2.45) is 0 Å². The highest BCUT2D eigenvalue weighted by Crippen LogP contribution is 2.32. The number of benzene rings is 3. The van der Waals surface area contributed by atoms with Crippen molar-refractivity contribution in [1.29, 1.82) is 0 Å². The molecule has 1 atom stereocenters. The van der Waals surface area contributed by atoms with Crippen LogP contribution in [0, 0.1) is 0 Å². The fourth-order valence-corrected chi connectivity index (χ4v) is 4.70. The van der Waals surface area contributed by atoms with E-state index < -0.39 is 22.0 Å². The minimum absolute atomic E-state index is 0.114. The minimum atomic E-state index is -3.81. The summed E-state index contributed by atoms with van der Waals surface area (Å²) in [6, 6.07) is 16.0. The SMILES string of the molecule is COc1ccc(S(=O)(=O)Nc2ccc(NC(CCSC)C(=O)O)c3ccccc23)cc1. The molecule has 0 saturated heterocycles. The van der Waals surface area contributed by atoms with Gasteiger partial charge in [0.25, 0.3) is 10.0 Å². The third-order valence-corrected chi connectivity index (χ3v) is 6.80. The number of rotatable bonds is 10. The standard InChI is InChI=1S/C22H24N2O5S2/c1-29-15-7-9-16(10-8-15)31(27,28)24-20-12-11-19(17-5-3-4-6-18(17)20)23-21(22(25)26)13-14-30-2/h3-12,21,23-24H,13-14H2,1-2H3,(H,25,26). The second-order valence-corrected chi connectivity index (χ2v) is 9.47. The molecule has 31 heavy (non-hydrogen) atoms. The molecule has 0 aliphatic rings.